The van der Waals surface area contributed by atoms with Gasteiger partial charge in [0.25, 0.3) is 0 Å². The Morgan fingerprint density at radius 3 is 2.37 bits per heavy atom. The second-order valence-electron chi connectivity index (χ2n) is 7.84. The number of nitrogens with one attached hydrogen (secondary N) is 1. The summed E-state index contributed by atoms with van der Waals surface area (Å²) in [4.78, 5) is 6.08. The van der Waals surface area contributed by atoms with E-state index >= 15 is 0 Å². The van der Waals surface area contributed by atoms with E-state index < -0.39 is 0 Å². The number of hydrogen-bond acceptors (Lipinski definition) is 1. The predicted molar refractivity (Wildman–Crippen MR) is 114 cm³/mol. The van der Waals surface area contributed by atoms with Gasteiger partial charge in [0, 0.05) is 40.5 Å². The summed E-state index contributed by atoms with van der Waals surface area (Å²) in [6.45, 7) is 5.63. The molecule has 0 bridgehead atoms. The zero-order valence-electron chi connectivity index (χ0n) is 15.8. The quantitative estimate of drug-likeness (QED) is 0.452. The van der Waals surface area contributed by atoms with Crippen molar-refractivity contribution < 1.29 is 0 Å². The summed E-state index contributed by atoms with van der Waals surface area (Å²) >= 11 is 0. The van der Waals surface area contributed by atoms with Crippen LogP contribution in [0.1, 0.15) is 31.0 Å². The molecule has 4 aromatic rings. The number of nitrogens with zero attached hydrogens (tertiary/aromatic N) is 1. The highest BCUT2D eigenvalue weighted by molar-refractivity contribution is 5.90. The first-order valence-corrected chi connectivity index (χ1v) is 9.75. The van der Waals surface area contributed by atoms with Gasteiger partial charge in [-0.25, -0.2) is 0 Å². The summed E-state index contributed by atoms with van der Waals surface area (Å²) in [5.74, 6) is 0.580. The summed E-state index contributed by atoms with van der Waals surface area (Å²) in [6, 6.07) is 26.6. The van der Waals surface area contributed by atoms with E-state index in [0.29, 0.717) is 5.92 Å². The molecule has 3 aromatic carbocycles. The third-order valence-corrected chi connectivity index (χ3v) is 5.55. The molecule has 2 heteroatoms. The molecule has 0 radical (unpaired) electrons. The lowest BCUT2D eigenvalue weighted by Crippen LogP contribution is -2.35. The van der Waals surface area contributed by atoms with E-state index in [9.17, 15) is 0 Å². The maximum absolute atomic E-state index is 3.49. The van der Waals surface area contributed by atoms with Crippen molar-refractivity contribution >= 4 is 16.6 Å². The lowest BCUT2D eigenvalue weighted by atomic mass is 9.84. The Kier molecular flexibility index (Phi) is 3.78. The molecule has 1 N–H and O–H groups in total. The first-order valence-electron chi connectivity index (χ1n) is 9.75. The molecule has 2 heterocycles. The van der Waals surface area contributed by atoms with Crippen LogP contribution >= 0.6 is 0 Å². The molecule has 1 aliphatic rings. The Hall–Kier alpha value is -3.00. The van der Waals surface area contributed by atoms with Crippen molar-refractivity contribution in [1.82, 2.24) is 4.98 Å². The van der Waals surface area contributed by atoms with E-state index in [2.05, 4.69) is 103 Å². The van der Waals surface area contributed by atoms with Crippen LogP contribution in [0.2, 0.25) is 0 Å². The molecule has 5 rings (SSSR count). The Morgan fingerprint density at radius 2 is 1.52 bits per heavy atom. The molecule has 27 heavy (non-hydrogen) atoms. The molecular formula is C25H24N2. The number of hydrogen-bond donors (Lipinski definition) is 1. The van der Waals surface area contributed by atoms with E-state index in [1.54, 1.807) is 0 Å². The molecule has 1 unspecified atom stereocenters. The van der Waals surface area contributed by atoms with Gasteiger partial charge in [0.15, 0.2) is 0 Å². The molecule has 0 fully saturated rings. The third kappa shape index (κ3) is 2.56. The van der Waals surface area contributed by atoms with Crippen LogP contribution in [-0.2, 0) is 0 Å². The van der Waals surface area contributed by atoms with Gasteiger partial charge in [0.1, 0.15) is 0 Å². The van der Waals surface area contributed by atoms with Gasteiger partial charge in [-0.1, -0.05) is 74.5 Å². The average Bonchev–Trinajstić information content (AvgIpc) is 3.12. The minimum absolute atomic E-state index is 0.217. The minimum Gasteiger partial charge on any atom is -0.361 e. The number of aromatic amines is 1. The van der Waals surface area contributed by atoms with Crippen molar-refractivity contribution in [2.75, 3.05) is 11.4 Å². The van der Waals surface area contributed by atoms with Gasteiger partial charge in [-0.15, -0.1) is 0 Å². The SMILES string of the molecule is CC(C)CN1c2ccccc2-c2ccccc2C1c1c[nH]c2ccccc12. The Bertz CT molecular complexity index is 1110. The van der Waals surface area contributed by atoms with Crippen LogP contribution < -0.4 is 4.90 Å². The maximum atomic E-state index is 3.49. The van der Waals surface area contributed by atoms with Crippen LogP contribution in [-0.4, -0.2) is 11.5 Å². The second kappa shape index (κ2) is 6.31. The first-order chi connectivity index (χ1) is 13.2. The fraction of sp³-hybridized carbons (Fsp3) is 0.200. The topological polar surface area (TPSA) is 19.0 Å². The molecule has 1 atom stereocenters. The van der Waals surface area contributed by atoms with E-state index in [-0.39, 0.29) is 6.04 Å². The normalized spacial score (nSPS) is 15.8. The van der Waals surface area contributed by atoms with Crippen LogP contribution in [0.4, 0.5) is 5.69 Å². The summed E-state index contributed by atoms with van der Waals surface area (Å²) in [7, 11) is 0. The van der Waals surface area contributed by atoms with Gasteiger partial charge in [0.05, 0.1) is 6.04 Å². The molecule has 0 saturated carbocycles. The molecule has 2 nitrogen and oxygen atoms in total. The fourth-order valence-electron chi connectivity index (χ4n) is 4.49. The largest absolute Gasteiger partial charge is 0.361 e. The van der Waals surface area contributed by atoms with Crippen molar-refractivity contribution in [3.05, 3.63) is 90.1 Å². The van der Waals surface area contributed by atoms with Crippen LogP contribution in [0.5, 0.6) is 0 Å². The lowest BCUT2D eigenvalue weighted by molar-refractivity contribution is 0.577. The van der Waals surface area contributed by atoms with Crippen LogP contribution in [0.25, 0.3) is 22.0 Å². The highest BCUT2D eigenvalue weighted by atomic mass is 15.2. The molecule has 0 saturated heterocycles. The standard InChI is InChI=1S/C25H24N2/c1-17(2)16-27-24-14-8-6-11-20(24)18-9-3-4-12-21(18)25(27)22-15-26-23-13-7-5-10-19(22)23/h3-15,17,25-26H,16H2,1-2H3. The molecular weight excluding hydrogens is 328 g/mol. The average molecular weight is 352 g/mol. The van der Waals surface area contributed by atoms with Gasteiger partial charge < -0.3 is 9.88 Å². The Balaban J connectivity index is 1.80. The van der Waals surface area contributed by atoms with Crippen LogP contribution in [0.15, 0.2) is 79.0 Å². The molecule has 1 aromatic heterocycles. The van der Waals surface area contributed by atoms with Gasteiger partial charge in [-0.2, -0.15) is 0 Å². The number of rotatable bonds is 3. The maximum Gasteiger partial charge on any atom is 0.0822 e. The fourth-order valence-corrected chi connectivity index (χ4v) is 4.49. The number of benzene rings is 3. The minimum atomic E-state index is 0.217. The number of fused-ring (bicyclic) bond motifs is 4. The summed E-state index contributed by atoms with van der Waals surface area (Å²) in [5, 5.41) is 1.31. The van der Waals surface area contributed by atoms with E-state index in [1.165, 1.54) is 38.8 Å². The van der Waals surface area contributed by atoms with Crippen molar-refractivity contribution in [3.8, 4) is 11.1 Å². The first kappa shape index (κ1) is 16.2. The molecule has 134 valence electrons. The van der Waals surface area contributed by atoms with Crippen molar-refractivity contribution in [2.45, 2.75) is 19.9 Å². The van der Waals surface area contributed by atoms with Gasteiger partial charge in [0.2, 0.25) is 0 Å². The van der Waals surface area contributed by atoms with E-state index in [0.717, 1.165) is 6.54 Å². The molecule has 0 amide bonds. The Morgan fingerprint density at radius 1 is 0.815 bits per heavy atom. The Labute approximate surface area is 160 Å². The number of aromatic nitrogens is 1. The third-order valence-electron chi connectivity index (χ3n) is 5.55. The lowest BCUT2D eigenvalue weighted by Gasteiger charge is -2.41. The van der Waals surface area contributed by atoms with Crippen molar-refractivity contribution in [2.24, 2.45) is 5.92 Å². The summed E-state index contributed by atoms with van der Waals surface area (Å²) in [6.07, 6.45) is 2.20. The smallest absolute Gasteiger partial charge is 0.0822 e. The summed E-state index contributed by atoms with van der Waals surface area (Å²) in [5.41, 5.74) is 7.97. The zero-order valence-corrected chi connectivity index (χ0v) is 15.8. The van der Waals surface area contributed by atoms with Crippen LogP contribution in [0.3, 0.4) is 0 Å². The van der Waals surface area contributed by atoms with Gasteiger partial charge >= 0.3 is 0 Å². The predicted octanol–water partition coefficient (Wildman–Crippen LogP) is 6.40. The highest BCUT2D eigenvalue weighted by Gasteiger charge is 2.33. The van der Waals surface area contributed by atoms with E-state index in [4.69, 9.17) is 0 Å². The summed E-state index contributed by atoms with van der Waals surface area (Å²) < 4.78 is 0. The number of H-pyrrole nitrogens is 1. The second-order valence-corrected chi connectivity index (χ2v) is 7.84. The van der Waals surface area contributed by atoms with Gasteiger partial charge in [-0.05, 0) is 29.2 Å². The van der Waals surface area contributed by atoms with E-state index in [1.807, 2.05) is 0 Å². The van der Waals surface area contributed by atoms with Gasteiger partial charge in [-0.3, -0.25) is 0 Å². The zero-order chi connectivity index (χ0) is 18.4. The number of para-hydroxylation sites is 2. The van der Waals surface area contributed by atoms with Crippen molar-refractivity contribution in [3.63, 3.8) is 0 Å². The van der Waals surface area contributed by atoms with Crippen LogP contribution in [0, 0.1) is 5.92 Å². The monoisotopic (exact) mass is 352 g/mol. The number of anilines is 1. The highest BCUT2D eigenvalue weighted by Crippen LogP contribution is 2.48. The molecule has 0 spiro atoms. The molecule has 1 aliphatic heterocycles. The molecule has 0 aliphatic carbocycles. The van der Waals surface area contributed by atoms with Crippen molar-refractivity contribution in [1.29, 1.82) is 0 Å².